The van der Waals surface area contributed by atoms with Gasteiger partial charge in [-0.1, -0.05) is 17.7 Å². The van der Waals surface area contributed by atoms with E-state index in [-0.39, 0.29) is 12.4 Å². The van der Waals surface area contributed by atoms with Crippen LogP contribution in [0.3, 0.4) is 0 Å². The average molecular weight is 338 g/mol. The first-order valence-electron chi connectivity index (χ1n) is 7.96. The normalized spacial score (nSPS) is 16.8. The molecule has 0 unspecified atom stereocenters. The summed E-state index contributed by atoms with van der Waals surface area (Å²) >= 11 is 6.11. The Kier molecular flexibility index (Phi) is 5.30. The van der Waals surface area contributed by atoms with Crippen LogP contribution in [-0.4, -0.2) is 39.5 Å². The van der Waals surface area contributed by atoms with Crippen LogP contribution in [-0.2, 0) is 13.1 Å². The molecule has 4 nitrogen and oxygen atoms in total. The first-order chi connectivity index (χ1) is 11.2. The van der Waals surface area contributed by atoms with Crippen LogP contribution in [0.2, 0.25) is 5.02 Å². The Balaban J connectivity index is 1.59. The molecule has 0 radical (unpaired) electrons. The van der Waals surface area contributed by atoms with E-state index in [1.54, 1.807) is 12.3 Å². The maximum Gasteiger partial charge on any atom is 0.124 e. The predicted octanol–water partition coefficient (Wildman–Crippen LogP) is 3.05. The summed E-state index contributed by atoms with van der Waals surface area (Å²) in [6.07, 6.45) is 3.90. The summed E-state index contributed by atoms with van der Waals surface area (Å²) < 4.78 is 15.0. The lowest BCUT2D eigenvalue weighted by Gasteiger charge is -2.32. The van der Waals surface area contributed by atoms with Crippen molar-refractivity contribution >= 4 is 11.6 Å². The van der Waals surface area contributed by atoms with E-state index >= 15 is 0 Å². The van der Waals surface area contributed by atoms with Gasteiger partial charge in [0.1, 0.15) is 5.82 Å². The lowest BCUT2D eigenvalue weighted by atomic mass is 9.93. The maximum atomic E-state index is 13.1. The van der Waals surface area contributed by atoms with Crippen molar-refractivity contribution in [1.82, 2.24) is 14.7 Å². The Morgan fingerprint density at radius 3 is 2.74 bits per heavy atom. The van der Waals surface area contributed by atoms with E-state index in [1.165, 1.54) is 17.8 Å². The van der Waals surface area contributed by atoms with Gasteiger partial charge in [0.25, 0.3) is 0 Å². The molecule has 1 aliphatic heterocycles. The lowest BCUT2D eigenvalue weighted by molar-refractivity contribution is 0.199. The van der Waals surface area contributed by atoms with Crippen molar-refractivity contribution in [2.24, 2.45) is 0 Å². The molecule has 1 fully saturated rings. The third kappa shape index (κ3) is 3.91. The number of aliphatic hydroxyl groups excluding tert-OH is 1. The highest BCUT2D eigenvalue weighted by Gasteiger charge is 2.23. The number of aromatic nitrogens is 2. The van der Waals surface area contributed by atoms with Crippen molar-refractivity contribution in [2.75, 3.05) is 19.7 Å². The van der Waals surface area contributed by atoms with Gasteiger partial charge >= 0.3 is 0 Å². The van der Waals surface area contributed by atoms with Crippen LogP contribution in [0.25, 0.3) is 0 Å². The van der Waals surface area contributed by atoms with Crippen molar-refractivity contribution < 1.29 is 9.50 Å². The third-order valence-electron chi connectivity index (χ3n) is 4.48. The van der Waals surface area contributed by atoms with Gasteiger partial charge in [0.05, 0.1) is 13.2 Å². The van der Waals surface area contributed by atoms with E-state index in [0.717, 1.165) is 38.0 Å². The molecule has 3 rings (SSSR count). The highest BCUT2D eigenvalue weighted by Crippen LogP contribution is 2.29. The van der Waals surface area contributed by atoms with Gasteiger partial charge in [-0.25, -0.2) is 4.39 Å². The smallest absolute Gasteiger partial charge is 0.124 e. The number of piperidine rings is 1. The van der Waals surface area contributed by atoms with Crippen molar-refractivity contribution in [3.05, 3.63) is 52.6 Å². The summed E-state index contributed by atoms with van der Waals surface area (Å²) in [4.78, 5) is 2.35. The molecule has 1 N–H and O–H groups in total. The van der Waals surface area contributed by atoms with Crippen LogP contribution < -0.4 is 0 Å². The minimum absolute atomic E-state index is 0.108. The van der Waals surface area contributed by atoms with Crippen LogP contribution in [0.5, 0.6) is 0 Å². The number of benzene rings is 1. The van der Waals surface area contributed by atoms with Gasteiger partial charge in [-0.05, 0) is 49.7 Å². The molecule has 124 valence electrons. The van der Waals surface area contributed by atoms with E-state index in [0.29, 0.717) is 17.5 Å². The zero-order chi connectivity index (χ0) is 16.2. The lowest BCUT2D eigenvalue weighted by Crippen LogP contribution is -2.33. The Morgan fingerprint density at radius 1 is 1.26 bits per heavy atom. The molecule has 0 amide bonds. The molecule has 0 spiro atoms. The van der Waals surface area contributed by atoms with Crippen LogP contribution in [0.1, 0.15) is 30.0 Å². The predicted molar refractivity (Wildman–Crippen MR) is 88.0 cm³/mol. The summed E-state index contributed by atoms with van der Waals surface area (Å²) in [5.74, 6) is 0.179. The zero-order valence-corrected chi connectivity index (χ0v) is 13.7. The number of nitrogens with zero attached hydrogens (tertiary/aromatic N) is 3. The van der Waals surface area contributed by atoms with Crippen LogP contribution in [0.4, 0.5) is 4.39 Å². The molecule has 0 aliphatic carbocycles. The van der Waals surface area contributed by atoms with Crippen molar-refractivity contribution in [3.63, 3.8) is 0 Å². The van der Waals surface area contributed by atoms with Gasteiger partial charge < -0.3 is 5.11 Å². The van der Waals surface area contributed by atoms with Gasteiger partial charge in [-0.3, -0.25) is 9.58 Å². The molecule has 1 aromatic carbocycles. The largest absolute Gasteiger partial charge is 0.394 e. The molecule has 0 atom stereocenters. The van der Waals surface area contributed by atoms with E-state index in [9.17, 15) is 4.39 Å². The van der Waals surface area contributed by atoms with Crippen molar-refractivity contribution in [2.45, 2.75) is 31.8 Å². The second kappa shape index (κ2) is 7.43. The average Bonchev–Trinajstić information content (AvgIpc) is 2.99. The van der Waals surface area contributed by atoms with E-state index in [4.69, 9.17) is 16.7 Å². The van der Waals surface area contributed by atoms with Crippen LogP contribution in [0, 0.1) is 5.82 Å². The van der Waals surface area contributed by atoms with Crippen molar-refractivity contribution in [3.8, 4) is 0 Å². The van der Waals surface area contributed by atoms with Gasteiger partial charge in [0.2, 0.25) is 0 Å². The summed E-state index contributed by atoms with van der Waals surface area (Å²) in [6, 6.07) is 6.64. The molecule has 2 aromatic rings. The first kappa shape index (κ1) is 16.4. The summed E-state index contributed by atoms with van der Waals surface area (Å²) in [5, 5.41) is 13.9. The van der Waals surface area contributed by atoms with E-state index in [1.807, 2.05) is 10.7 Å². The first-order valence-corrected chi connectivity index (χ1v) is 8.34. The number of halogens is 2. The second-order valence-corrected chi connectivity index (χ2v) is 6.40. The zero-order valence-electron chi connectivity index (χ0n) is 13.0. The van der Waals surface area contributed by atoms with Gasteiger partial charge in [-0.15, -0.1) is 0 Å². The summed E-state index contributed by atoms with van der Waals surface area (Å²) in [6.45, 7) is 3.36. The van der Waals surface area contributed by atoms with Crippen LogP contribution in [0.15, 0.2) is 30.5 Å². The summed E-state index contributed by atoms with van der Waals surface area (Å²) in [5.41, 5.74) is 2.18. The highest BCUT2D eigenvalue weighted by molar-refractivity contribution is 6.31. The molecule has 6 heteroatoms. The molecule has 0 bridgehead atoms. The molecule has 0 saturated carbocycles. The topological polar surface area (TPSA) is 41.3 Å². The second-order valence-electron chi connectivity index (χ2n) is 5.99. The van der Waals surface area contributed by atoms with Crippen molar-refractivity contribution in [1.29, 1.82) is 0 Å². The quantitative estimate of drug-likeness (QED) is 0.911. The van der Waals surface area contributed by atoms with Crippen LogP contribution >= 0.6 is 11.6 Å². The van der Waals surface area contributed by atoms with E-state index in [2.05, 4.69) is 10.00 Å². The number of hydrogen-bond donors (Lipinski definition) is 1. The molecule has 1 aromatic heterocycles. The number of hydrogen-bond acceptors (Lipinski definition) is 3. The Bertz CT molecular complexity index is 653. The molecule has 1 aliphatic rings. The SMILES string of the molecule is OCCn1nccc1C1CCN(Cc2ccc(F)cc2Cl)CC1. The Hall–Kier alpha value is -1.43. The minimum Gasteiger partial charge on any atom is -0.394 e. The van der Waals surface area contributed by atoms with Gasteiger partial charge in [0, 0.05) is 29.4 Å². The third-order valence-corrected chi connectivity index (χ3v) is 4.83. The summed E-state index contributed by atoms with van der Waals surface area (Å²) in [7, 11) is 0. The standard InChI is InChI=1S/C17H21ClFN3O/c18-16-11-15(19)2-1-14(16)12-21-7-4-13(5-8-21)17-3-6-20-22(17)9-10-23/h1-3,6,11,13,23H,4-5,7-10,12H2. The molecular weight excluding hydrogens is 317 g/mol. The number of rotatable bonds is 5. The monoisotopic (exact) mass is 337 g/mol. The fraction of sp³-hybridized carbons (Fsp3) is 0.471. The molecule has 2 heterocycles. The maximum absolute atomic E-state index is 13.1. The number of aliphatic hydroxyl groups is 1. The Labute approximate surface area is 140 Å². The Morgan fingerprint density at radius 2 is 2.04 bits per heavy atom. The van der Waals surface area contributed by atoms with Gasteiger partial charge in [0.15, 0.2) is 0 Å². The molecular formula is C17H21ClFN3O. The minimum atomic E-state index is -0.297. The highest BCUT2D eigenvalue weighted by atomic mass is 35.5. The molecule has 23 heavy (non-hydrogen) atoms. The van der Waals surface area contributed by atoms with Gasteiger partial charge in [-0.2, -0.15) is 5.10 Å². The fourth-order valence-electron chi connectivity index (χ4n) is 3.25. The molecule has 1 saturated heterocycles. The van der Waals surface area contributed by atoms with E-state index < -0.39 is 0 Å². The number of likely N-dealkylation sites (tertiary alicyclic amines) is 1. The fourth-order valence-corrected chi connectivity index (χ4v) is 3.48.